The number of hydrogen-bond donors (Lipinski definition) is 0. The van der Waals surface area contributed by atoms with Crippen LogP contribution in [0, 0.1) is 10.1 Å². The summed E-state index contributed by atoms with van der Waals surface area (Å²) in [6.07, 6.45) is 2.35. The molecule has 0 N–H and O–H groups in total. The highest BCUT2D eigenvalue weighted by atomic mass is 32.2. The number of aromatic nitrogens is 3. The Balaban J connectivity index is 1.60. The molecule has 0 atom stereocenters. The minimum Gasteiger partial charge on any atom is -0.467 e. The number of rotatable bonds is 6. The van der Waals surface area contributed by atoms with Gasteiger partial charge >= 0.3 is 0 Å². The van der Waals surface area contributed by atoms with E-state index in [1.165, 1.54) is 30.7 Å². The Morgan fingerprint density at radius 2 is 2.24 bits per heavy atom. The van der Waals surface area contributed by atoms with Crippen LogP contribution in [0.3, 0.4) is 0 Å². The maximum Gasteiger partial charge on any atom is 0.270 e. The van der Waals surface area contributed by atoms with Crippen LogP contribution in [0.25, 0.3) is 0 Å². The highest BCUT2D eigenvalue weighted by Crippen LogP contribution is 2.41. The highest BCUT2D eigenvalue weighted by Gasteiger charge is 2.30. The molecule has 1 aliphatic heterocycles. The Morgan fingerprint density at radius 3 is 2.96 bits per heavy atom. The van der Waals surface area contributed by atoms with Crippen molar-refractivity contribution in [2.24, 2.45) is 0 Å². The molecule has 8 nitrogen and oxygen atoms in total. The van der Waals surface area contributed by atoms with Gasteiger partial charge in [-0.2, -0.15) is 0 Å². The zero-order valence-corrected chi connectivity index (χ0v) is 14.6. The number of fused-ring (bicyclic) bond motifs is 1. The van der Waals surface area contributed by atoms with Gasteiger partial charge in [0.15, 0.2) is 11.9 Å². The summed E-state index contributed by atoms with van der Waals surface area (Å²) < 4.78 is 13.0. The van der Waals surface area contributed by atoms with Crippen LogP contribution in [-0.2, 0) is 23.6 Å². The van der Waals surface area contributed by atoms with Crippen molar-refractivity contribution in [2.45, 2.75) is 49.7 Å². The van der Waals surface area contributed by atoms with Crippen LogP contribution >= 0.6 is 11.8 Å². The fraction of sp³-hybridized carbons (Fsp3) is 0.500. The smallest absolute Gasteiger partial charge is 0.270 e. The largest absolute Gasteiger partial charge is 0.467 e. The van der Waals surface area contributed by atoms with Crippen molar-refractivity contribution in [3.8, 4) is 5.75 Å². The molecule has 0 unspecified atom stereocenters. The predicted octanol–water partition coefficient (Wildman–Crippen LogP) is 3.24. The van der Waals surface area contributed by atoms with E-state index in [1.807, 2.05) is 0 Å². The number of hydrogen-bond acceptors (Lipinski definition) is 7. The zero-order chi connectivity index (χ0) is 17.4. The topological polar surface area (TPSA) is 92.3 Å². The van der Waals surface area contributed by atoms with Gasteiger partial charge in [-0.05, 0) is 19.8 Å². The van der Waals surface area contributed by atoms with E-state index in [9.17, 15) is 10.1 Å². The van der Waals surface area contributed by atoms with E-state index in [0.717, 1.165) is 23.1 Å². The van der Waals surface area contributed by atoms with Crippen LogP contribution < -0.4 is 4.74 Å². The first-order chi connectivity index (χ1) is 12.2. The molecule has 1 aromatic carbocycles. The van der Waals surface area contributed by atoms with Gasteiger partial charge in [-0.3, -0.25) is 10.1 Å². The molecule has 4 rings (SSSR count). The van der Waals surface area contributed by atoms with E-state index >= 15 is 0 Å². The van der Waals surface area contributed by atoms with E-state index in [1.54, 1.807) is 6.07 Å². The monoisotopic (exact) mass is 362 g/mol. The van der Waals surface area contributed by atoms with E-state index in [4.69, 9.17) is 9.47 Å². The molecule has 0 bridgehead atoms. The Kier molecular flexibility index (Phi) is 4.34. The van der Waals surface area contributed by atoms with Gasteiger partial charge in [-0.25, -0.2) is 0 Å². The van der Waals surface area contributed by atoms with Gasteiger partial charge in [0.2, 0.25) is 0 Å². The number of nitro groups is 1. The molecule has 2 heterocycles. The molecule has 0 saturated heterocycles. The average Bonchev–Trinajstić information content (AvgIpc) is 3.39. The lowest BCUT2D eigenvalue weighted by atomic mass is 10.1. The normalized spacial score (nSPS) is 16.4. The third-order valence-corrected chi connectivity index (χ3v) is 5.36. The second-order valence-corrected chi connectivity index (χ2v) is 7.05. The number of nitro benzene ring substituents is 1. The third kappa shape index (κ3) is 3.21. The molecule has 25 heavy (non-hydrogen) atoms. The number of benzene rings is 1. The lowest BCUT2D eigenvalue weighted by molar-refractivity contribution is -0.385. The van der Waals surface area contributed by atoms with Crippen molar-refractivity contribution in [2.75, 3.05) is 6.79 Å². The first-order valence-electron chi connectivity index (χ1n) is 8.24. The number of non-ortho nitro benzene ring substituents is 1. The van der Waals surface area contributed by atoms with E-state index in [2.05, 4.69) is 21.7 Å². The number of thioether (sulfide) groups is 1. The SMILES string of the molecule is CCn1c(SCc2cc([N+](=O)[O-])cc3c2OCOC3)nnc1C1CC1. The summed E-state index contributed by atoms with van der Waals surface area (Å²) in [5.74, 6) is 2.81. The minimum absolute atomic E-state index is 0.0547. The minimum atomic E-state index is -0.386. The molecule has 1 aliphatic carbocycles. The van der Waals surface area contributed by atoms with Crippen LogP contribution in [0.4, 0.5) is 5.69 Å². The second kappa shape index (κ2) is 6.64. The van der Waals surface area contributed by atoms with E-state index in [-0.39, 0.29) is 17.4 Å². The maximum atomic E-state index is 11.2. The van der Waals surface area contributed by atoms with Crippen molar-refractivity contribution in [1.29, 1.82) is 0 Å². The van der Waals surface area contributed by atoms with Crippen molar-refractivity contribution >= 4 is 17.4 Å². The van der Waals surface area contributed by atoms with Gasteiger partial charge in [0.25, 0.3) is 5.69 Å². The molecular weight excluding hydrogens is 344 g/mol. The summed E-state index contributed by atoms with van der Waals surface area (Å²) in [5, 5.41) is 20.7. The summed E-state index contributed by atoms with van der Waals surface area (Å²) in [7, 11) is 0. The van der Waals surface area contributed by atoms with Gasteiger partial charge in [-0.15, -0.1) is 10.2 Å². The van der Waals surface area contributed by atoms with Crippen molar-refractivity contribution < 1.29 is 14.4 Å². The van der Waals surface area contributed by atoms with Crippen molar-refractivity contribution in [3.05, 3.63) is 39.2 Å². The number of ether oxygens (including phenoxy) is 2. The first-order valence-corrected chi connectivity index (χ1v) is 9.22. The summed E-state index contributed by atoms with van der Waals surface area (Å²) in [5.41, 5.74) is 1.56. The predicted molar refractivity (Wildman–Crippen MR) is 90.6 cm³/mol. The van der Waals surface area contributed by atoms with Crippen molar-refractivity contribution in [3.63, 3.8) is 0 Å². The Bertz CT molecular complexity index is 819. The highest BCUT2D eigenvalue weighted by molar-refractivity contribution is 7.98. The van der Waals surface area contributed by atoms with Gasteiger partial charge < -0.3 is 14.0 Å². The van der Waals surface area contributed by atoms with Crippen LogP contribution in [0.5, 0.6) is 5.75 Å². The third-order valence-electron chi connectivity index (χ3n) is 4.34. The summed E-state index contributed by atoms with van der Waals surface area (Å²) >= 11 is 1.53. The Labute approximate surface area is 148 Å². The van der Waals surface area contributed by atoms with Crippen LogP contribution in [0.2, 0.25) is 0 Å². The zero-order valence-electron chi connectivity index (χ0n) is 13.8. The maximum absolute atomic E-state index is 11.2. The van der Waals surface area contributed by atoms with Gasteiger partial charge in [0, 0.05) is 41.5 Å². The fourth-order valence-electron chi connectivity index (χ4n) is 2.98. The molecule has 0 radical (unpaired) electrons. The molecule has 132 valence electrons. The lowest BCUT2D eigenvalue weighted by Gasteiger charge is -2.20. The van der Waals surface area contributed by atoms with Crippen LogP contribution in [0.15, 0.2) is 17.3 Å². The summed E-state index contributed by atoms with van der Waals surface area (Å²) in [6.45, 7) is 3.39. The molecule has 0 amide bonds. The molecular formula is C16H18N4O4S. The molecule has 2 aliphatic rings. The van der Waals surface area contributed by atoms with Gasteiger partial charge in [0.1, 0.15) is 11.6 Å². The molecule has 0 spiro atoms. The first kappa shape index (κ1) is 16.3. The van der Waals surface area contributed by atoms with E-state index < -0.39 is 0 Å². The lowest BCUT2D eigenvalue weighted by Crippen LogP contribution is -2.13. The molecule has 1 aromatic heterocycles. The van der Waals surface area contributed by atoms with Gasteiger partial charge in [0.05, 0.1) is 11.5 Å². The standard InChI is InChI=1S/C16H18N4O4S/c1-2-19-15(10-3-4-10)17-18-16(19)25-8-12-6-13(20(21)22)5-11-7-23-9-24-14(11)12/h5-6,10H,2-4,7-9H2,1H3. The van der Waals surface area contributed by atoms with Crippen LogP contribution in [0.1, 0.15) is 42.6 Å². The van der Waals surface area contributed by atoms with Gasteiger partial charge in [-0.1, -0.05) is 11.8 Å². The fourth-order valence-corrected chi connectivity index (χ4v) is 3.96. The Morgan fingerprint density at radius 1 is 1.40 bits per heavy atom. The summed E-state index contributed by atoms with van der Waals surface area (Å²) in [4.78, 5) is 10.8. The summed E-state index contributed by atoms with van der Waals surface area (Å²) in [6, 6.07) is 3.09. The molecule has 1 saturated carbocycles. The van der Waals surface area contributed by atoms with Crippen LogP contribution in [-0.4, -0.2) is 26.5 Å². The van der Waals surface area contributed by atoms with E-state index in [0.29, 0.717) is 29.6 Å². The average molecular weight is 362 g/mol. The van der Waals surface area contributed by atoms with Crippen molar-refractivity contribution in [1.82, 2.24) is 14.8 Å². The number of nitrogens with zero attached hydrogens (tertiary/aromatic N) is 4. The molecule has 9 heteroatoms. The quantitative estimate of drug-likeness (QED) is 0.442. The second-order valence-electron chi connectivity index (χ2n) is 6.11. The Hall–Kier alpha value is -2.13. The molecule has 1 fully saturated rings. The molecule has 2 aromatic rings.